The smallest absolute Gasteiger partial charge is 0.328 e. The minimum atomic E-state index is -0.938. The van der Waals surface area contributed by atoms with Gasteiger partial charge in [-0.05, 0) is 60.8 Å². The van der Waals surface area contributed by atoms with Crippen molar-refractivity contribution in [1.29, 1.82) is 0 Å². The van der Waals surface area contributed by atoms with Crippen molar-refractivity contribution < 1.29 is 9.90 Å². The first-order valence-electron chi connectivity index (χ1n) is 7.70. The van der Waals surface area contributed by atoms with Crippen LogP contribution < -0.4 is 4.90 Å². The van der Waals surface area contributed by atoms with Crippen LogP contribution in [0.1, 0.15) is 31.2 Å². The molecule has 2 aliphatic carbocycles. The summed E-state index contributed by atoms with van der Waals surface area (Å²) in [5.41, 5.74) is 0.814. The van der Waals surface area contributed by atoms with E-state index in [2.05, 4.69) is 16.9 Å². The topological polar surface area (TPSA) is 53.4 Å². The highest BCUT2D eigenvalue weighted by molar-refractivity contribution is 5.85. The molecule has 1 heterocycles. The molecule has 2 bridgehead atoms. The zero-order valence-corrected chi connectivity index (χ0v) is 12.4. The van der Waals surface area contributed by atoms with E-state index >= 15 is 0 Å². The van der Waals surface area contributed by atoms with Crippen molar-refractivity contribution in [2.24, 2.45) is 17.8 Å². The number of anilines is 1. The van der Waals surface area contributed by atoms with Gasteiger partial charge in [-0.25, -0.2) is 9.78 Å². The molecule has 0 spiro atoms. The molecule has 3 atom stereocenters. The largest absolute Gasteiger partial charge is 0.478 e. The minimum absolute atomic E-state index is 0.814. The molecule has 4 heteroatoms. The standard InChI is InChI=1S/C17H22N2O2/c1-19(11-15-9-13-2-5-14(15)8-13)16-6-3-12(10-18-16)4-7-17(20)21/h3-4,6-7,10,13-15H,2,5,8-9,11H2,1H3,(H,20,21)/b7-4+. The van der Waals surface area contributed by atoms with Crippen LogP contribution in [0.3, 0.4) is 0 Å². The van der Waals surface area contributed by atoms with Crippen molar-refractivity contribution in [3.63, 3.8) is 0 Å². The molecule has 1 aromatic heterocycles. The lowest BCUT2D eigenvalue weighted by atomic mass is 9.88. The lowest BCUT2D eigenvalue weighted by Crippen LogP contribution is -2.29. The van der Waals surface area contributed by atoms with Gasteiger partial charge in [0.1, 0.15) is 5.82 Å². The highest BCUT2D eigenvalue weighted by Gasteiger charge is 2.39. The van der Waals surface area contributed by atoms with E-state index in [1.54, 1.807) is 12.3 Å². The van der Waals surface area contributed by atoms with E-state index in [0.717, 1.165) is 41.8 Å². The number of aromatic nitrogens is 1. The Bertz CT molecular complexity index is 538. The molecule has 0 amide bonds. The van der Waals surface area contributed by atoms with Gasteiger partial charge in [-0.2, -0.15) is 0 Å². The van der Waals surface area contributed by atoms with E-state index in [1.807, 2.05) is 12.1 Å². The van der Waals surface area contributed by atoms with Crippen LogP contribution in [0.15, 0.2) is 24.4 Å². The lowest BCUT2D eigenvalue weighted by Gasteiger charge is -2.27. The fourth-order valence-electron chi connectivity index (χ4n) is 3.93. The number of carboxylic acid groups (broad SMARTS) is 1. The quantitative estimate of drug-likeness (QED) is 0.845. The first-order chi connectivity index (χ1) is 10.1. The van der Waals surface area contributed by atoms with Crippen LogP contribution in [0, 0.1) is 17.8 Å². The summed E-state index contributed by atoms with van der Waals surface area (Å²) in [6.07, 6.45) is 10.1. The number of fused-ring (bicyclic) bond motifs is 2. The molecule has 1 N–H and O–H groups in total. The van der Waals surface area contributed by atoms with Crippen molar-refractivity contribution in [2.75, 3.05) is 18.5 Å². The zero-order chi connectivity index (χ0) is 14.8. The average Bonchev–Trinajstić information content (AvgIpc) is 3.08. The second-order valence-corrected chi connectivity index (χ2v) is 6.44. The fraction of sp³-hybridized carbons (Fsp3) is 0.529. The number of hydrogen-bond donors (Lipinski definition) is 1. The van der Waals surface area contributed by atoms with E-state index in [-0.39, 0.29) is 0 Å². The molecule has 0 radical (unpaired) electrons. The maximum atomic E-state index is 10.5. The SMILES string of the molecule is CN(CC1CC2CCC1C2)c1ccc(/C=C/C(=O)O)cn1. The van der Waals surface area contributed by atoms with Crippen molar-refractivity contribution >= 4 is 17.9 Å². The van der Waals surface area contributed by atoms with Crippen LogP contribution in [0.2, 0.25) is 0 Å². The minimum Gasteiger partial charge on any atom is -0.478 e. The van der Waals surface area contributed by atoms with E-state index in [9.17, 15) is 4.79 Å². The molecular formula is C17H22N2O2. The van der Waals surface area contributed by atoms with E-state index < -0.39 is 5.97 Å². The first-order valence-corrected chi connectivity index (χ1v) is 7.70. The van der Waals surface area contributed by atoms with Gasteiger partial charge in [-0.15, -0.1) is 0 Å². The van der Waals surface area contributed by atoms with Crippen LogP contribution >= 0.6 is 0 Å². The molecule has 1 aromatic rings. The third-order valence-electron chi connectivity index (χ3n) is 4.97. The predicted molar refractivity (Wildman–Crippen MR) is 83.1 cm³/mol. The summed E-state index contributed by atoms with van der Waals surface area (Å²) >= 11 is 0. The number of nitrogens with zero attached hydrogens (tertiary/aromatic N) is 2. The molecule has 112 valence electrons. The van der Waals surface area contributed by atoms with E-state index in [4.69, 9.17) is 5.11 Å². The van der Waals surface area contributed by atoms with Gasteiger partial charge in [0.2, 0.25) is 0 Å². The van der Waals surface area contributed by atoms with Crippen LogP contribution in [0.5, 0.6) is 0 Å². The normalized spacial score (nSPS) is 27.4. The van der Waals surface area contributed by atoms with Crippen LogP contribution in [-0.4, -0.2) is 29.7 Å². The molecule has 0 aromatic carbocycles. The fourth-order valence-corrected chi connectivity index (χ4v) is 3.93. The highest BCUT2D eigenvalue weighted by atomic mass is 16.4. The van der Waals surface area contributed by atoms with Crippen molar-refractivity contribution in [3.8, 4) is 0 Å². The Hall–Kier alpha value is -1.84. The van der Waals surface area contributed by atoms with E-state index in [0.29, 0.717) is 0 Å². The third kappa shape index (κ3) is 3.26. The number of rotatable bonds is 5. The van der Waals surface area contributed by atoms with Gasteiger partial charge in [0.15, 0.2) is 0 Å². The molecule has 3 rings (SSSR count). The molecule has 0 saturated heterocycles. The van der Waals surface area contributed by atoms with Crippen molar-refractivity contribution in [1.82, 2.24) is 4.98 Å². The van der Waals surface area contributed by atoms with Gasteiger partial charge in [0, 0.05) is 25.9 Å². The number of carbonyl (C=O) groups is 1. The number of hydrogen-bond acceptors (Lipinski definition) is 3. The Balaban J connectivity index is 1.59. The van der Waals surface area contributed by atoms with Gasteiger partial charge in [0.05, 0.1) is 0 Å². The summed E-state index contributed by atoms with van der Waals surface area (Å²) in [7, 11) is 2.10. The molecule has 21 heavy (non-hydrogen) atoms. The summed E-state index contributed by atoms with van der Waals surface area (Å²) in [6.45, 7) is 1.08. The predicted octanol–water partition coefficient (Wildman–Crippen LogP) is 3.05. The Morgan fingerprint density at radius 3 is 2.86 bits per heavy atom. The number of pyridine rings is 1. The molecule has 4 nitrogen and oxygen atoms in total. The maximum Gasteiger partial charge on any atom is 0.328 e. The molecule has 3 unspecified atom stereocenters. The van der Waals surface area contributed by atoms with Crippen molar-refractivity contribution in [2.45, 2.75) is 25.7 Å². The molecule has 0 aliphatic heterocycles. The molecular weight excluding hydrogens is 264 g/mol. The lowest BCUT2D eigenvalue weighted by molar-refractivity contribution is -0.131. The highest BCUT2D eigenvalue weighted by Crippen LogP contribution is 2.48. The van der Waals surface area contributed by atoms with Gasteiger partial charge in [0.25, 0.3) is 0 Å². The molecule has 2 fully saturated rings. The average molecular weight is 286 g/mol. The third-order valence-corrected chi connectivity index (χ3v) is 4.97. The maximum absolute atomic E-state index is 10.5. The second kappa shape index (κ2) is 5.88. The molecule has 2 aliphatic rings. The van der Waals surface area contributed by atoms with Crippen LogP contribution in [-0.2, 0) is 4.79 Å². The second-order valence-electron chi connectivity index (χ2n) is 6.44. The Morgan fingerprint density at radius 2 is 2.29 bits per heavy atom. The number of aliphatic carboxylic acids is 1. The van der Waals surface area contributed by atoms with E-state index in [1.165, 1.54) is 25.7 Å². The Labute approximate surface area is 125 Å². The van der Waals surface area contributed by atoms with Crippen LogP contribution in [0.25, 0.3) is 6.08 Å². The van der Waals surface area contributed by atoms with Gasteiger partial charge >= 0.3 is 5.97 Å². The van der Waals surface area contributed by atoms with Crippen molar-refractivity contribution in [3.05, 3.63) is 30.0 Å². The Kier molecular flexibility index (Phi) is 3.95. The van der Waals surface area contributed by atoms with Gasteiger partial charge < -0.3 is 10.0 Å². The monoisotopic (exact) mass is 286 g/mol. The summed E-state index contributed by atoms with van der Waals surface area (Å²) in [5, 5.41) is 8.61. The van der Waals surface area contributed by atoms with Gasteiger partial charge in [-0.1, -0.05) is 6.42 Å². The Morgan fingerprint density at radius 1 is 1.43 bits per heavy atom. The zero-order valence-electron chi connectivity index (χ0n) is 12.4. The molecule has 2 saturated carbocycles. The summed E-state index contributed by atoms with van der Waals surface area (Å²) in [5.74, 6) is 2.75. The van der Waals surface area contributed by atoms with Crippen LogP contribution in [0.4, 0.5) is 5.82 Å². The first kappa shape index (κ1) is 14.1. The van der Waals surface area contributed by atoms with Gasteiger partial charge in [-0.3, -0.25) is 0 Å². The number of carboxylic acids is 1. The summed E-state index contributed by atoms with van der Waals surface area (Å²) < 4.78 is 0. The summed E-state index contributed by atoms with van der Waals surface area (Å²) in [4.78, 5) is 17.2. The summed E-state index contributed by atoms with van der Waals surface area (Å²) in [6, 6.07) is 3.88.